The van der Waals surface area contributed by atoms with Crippen LogP contribution in [0.1, 0.15) is 24.0 Å². The molecule has 1 saturated heterocycles. The van der Waals surface area contributed by atoms with Crippen molar-refractivity contribution in [2.24, 2.45) is 0 Å². The fourth-order valence-corrected chi connectivity index (χ4v) is 3.24. The van der Waals surface area contributed by atoms with Gasteiger partial charge in [-0.25, -0.2) is 4.39 Å². The molecule has 1 aliphatic rings. The van der Waals surface area contributed by atoms with Crippen LogP contribution in [0.2, 0.25) is 0 Å². The number of carbonyl (C=O) groups excluding carboxylic acids is 2. The number of aryl methyl sites for hydroxylation is 2. The zero-order valence-electron chi connectivity index (χ0n) is 15.9. The Morgan fingerprint density at radius 3 is 3.00 bits per heavy atom. The van der Waals surface area contributed by atoms with Gasteiger partial charge in [0, 0.05) is 31.8 Å². The Hall–Kier alpha value is -2.80. The molecule has 2 aromatic rings. The summed E-state index contributed by atoms with van der Waals surface area (Å²) in [6.07, 6.45) is 4.44. The second kappa shape index (κ2) is 9.41. The Balaban J connectivity index is 1.58. The summed E-state index contributed by atoms with van der Waals surface area (Å²) in [7, 11) is 0. The molecule has 7 heteroatoms. The van der Waals surface area contributed by atoms with E-state index in [9.17, 15) is 14.0 Å². The van der Waals surface area contributed by atoms with Gasteiger partial charge in [0.15, 0.2) is 0 Å². The molecule has 1 fully saturated rings. The van der Waals surface area contributed by atoms with Crippen molar-refractivity contribution in [3.05, 3.63) is 59.7 Å². The van der Waals surface area contributed by atoms with E-state index in [1.165, 1.54) is 6.07 Å². The second-order valence-electron chi connectivity index (χ2n) is 6.91. The van der Waals surface area contributed by atoms with Crippen molar-refractivity contribution in [2.75, 3.05) is 25.1 Å². The molecular weight excluding hydrogens is 361 g/mol. The van der Waals surface area contributed by atoms with Crippen LogP contribution in [0.3, 0.4) is 0 Å². The zero-order valence-corrected chi connectivity index (χ0v) is 15.9. The van der Waals surface area contributed by atoms with Crippen molar-refractivity contribution in [1.82, 2.24) is 9.88 Å². The normalized spacial score (nSPS) is 16.6. The molecule has 28 heavy (non-hydrogen) atoms. The van der Waals surface area contributed by atoms with Crippen LogP contribution in [-0.2, 0) is 20.7 Å². The van der Waals surface area contributed by atoms with E-state index in [1.54, 1.807) is 29.4 Å². The predicted octanol–water partition coefficient (Wildman–Crippen LogP) is 2.72. The average Bonchev–Trinajstić information content (AvgIpc) is 2.70. The lowest BCUT2D eigenvalue weighted by atomic mass is 10.1. The molecule has 1 aromatic heterocycles. The number of amides is 2. The van der Waals surface area contributed by atoms with E-state index >= 15 is 0 Å². The van der Waals surface area contributed by atoms with Crippen LogP contribution in [0, 0.1) is 12.7 Å². The summed E-state index contributed by atoms with van der Waals surface area (Å²) in [6.45, 7) is 3.01. The highest BCUT2D eigenvalue weighted by Crippen LogP contribution is 2.18. The van der Waals surface area contributed by atoms with Gasteiger partial charge in [-0.2, -0.15) is 0 Å². The van der Waals surface area contributed by atoms with Crippen molar-refractivity contribution in [3.8, 4) is 0 Å². The number of benzene rings is 1. The number of ether oxygens (including phenoxy) is 1. The lowest BCUT2D eigenvalue weighted by Gasteiger charge is -2.35. The fourth-order valence-electron chi connectivity index (χ4n) is 3.24. The first-order valence-corrected chi connectivity index (χ1v) is 9.35. The van der Waals surface area contributed by atoms with Gasteiger partial charge in [-0.3, -0.25) is 14.6 Å². The number of morpholine rings is 1. The molecule has 1 N–H and O–H groups in total. The third kappa shape index (κ3) is 5.36. The van der Waals surface area contributed by atoms with E-state index in [2.05, 4.69) is 10.3 Å². The topological polar surface area (TPSA) is 71.5 Å². The Morgan fingerprint density at radius 1 is 1.36 bits per heavy atom. The summed E-state index contributed by atoms with van der Waals surface area (Å²) in [4.78, 5) is 30.8. The molecule has 0 saturated carbocycles. The van der Waals surface area contributed by atoms with Gasteiger partial charge in [0.2, 0.25) is 11.8 Å². The van der Waals surface area contributed by atoms with Crippen molar-refractivity contribution >= 4 is 17.5 Å². The highest BCUT2D eigenvalue weighted by atomic mass is 19.1. The van der Waals surface area contributed by atoms with Crippen LogP contribution < -0.4 is 5.32 Å². The molecule has 1 aromatic carbocycles. The number of carbonyl (C=O) groups is 2. The molecule has 148 valence electrons. The molecule has 2 heterocycles. The predicted molar refractivity (Wildman–Crippen MR) is 103 cm³/mol. The van der Waals surface area contributed by atoms with E-state index in [0.717, 1.165) is 11.1 Å². The van der Waals surface area contributed by atoms with Crippen LogP contribution in [0.15, 0.2) is 42.7 Å². The van der Waals surface area contributed by atoms with Crippen LogP contribution in [0.25, 0.3) is 0 Å². The van der Waals surface area contributed by atoms with Gasteiger partial charge in [0.1, 0.15) is 5.82 Å². The zero-order chi connectivity index (χ0) is 19.9. The molecule has 2 amide bonds. The first-order valence-electron chi connectivity index (χ1n) is 9.35. The Morgan fingerprint density at radius 2 is 2.21 bits per heavy atom. The van der Waals surface area contributed by atoms with Gasteiger partial charge in [-0.1, -0.05) is 12.1 Å². The largest absolute Gasteiger partial charge is 0.377 e. The standard InChI is InChI=1S/C21H24FN3O3/c1-15-4-6-18(22)19(11-15)24-20(26)12-17-14-28-10-9-25(17)21(27)7-5-16-3-2-8-23-13-16/h2-4,6,8,11,13,17H,5,7,9-10,12,14H2,1H3,(H,24,26)/t17-/m0/s1. The Bertz CT molecular complexity index is 829. The van der Waals surface area contributed by atoms with E-state index < -0.39 is 5.82 Å². The van der Waals surface area contributed by atoms with Gasteiger partial charge >= 0.3 is 0 Å². The highest BCUT2D eigenvalue weighted by molar-refractivity contribution is 5.91. The highest BCUT2D eigenvalue weighted by Gasteiger charge is 2.29. The SMILES string of the molecule is Cc1ccc(F)c(NC(=O)C[C@H]2COCCN2C(=O)CCc2cccnc2)c1. The van der Waals surface area contributed by atoms with Crippen LogP contribution in [0.4, 0.5) is 10.1 Å². The number of hydrogen-bond acceptors (Lipinski definition) is 4. The smallest absolute Gasteiger partial charge is 0.226 e. The van der Waals surface area contributed by atoms with Gasteiger partial charge in [0.05, 0.1) is 24.9 Å². The second-order valence-corrected chi connectivity index (χ2v) is 6.91. The number of pyridine rings is 1. The third-order valence-electron chi connectivity index (χ3n) is 4.72. The van der Waals surface area contributed by atoms with Gasteiger partial charge in [-0.05, 0) is 42.7 Å². The number of nitrogens with zero attached hydrogens (tertiary/aromatic N) is 2. The quantitative estimate of drug-likeness (QED) is 0.830. The number of hydrogen-bond donors (Lipinski definition) is 1. The lowest BCUT2D eigenvalue weighted by molar-refractivity contribution is -0.141. The van der Waals surface area contributed by atoms with E-state index in [0.29, 0.717) is 32.6 Å². The summed E-state index contributed by atoms with van der Waals surface area (Å²) in [5.41, 5.74) is 1.99. The molecule has 0 radical (unpaired) electrons. The average molecular weight is 385 g/mol. The van der Waals surface area contributed by atoms with Crippen molar-refractivity contribution in [2.45, 2.75) is 32.2 Å². The molecule has 6 nitrogen and oxygen atoms in total. The monoisotopic (exact) mass is 385 g/mol. The fraction of sp³-hybridized carbons (Fsp3) is 0.381. The van der Waals surface area contributed by atoms with E-state index in [1.807, 2.05) is 19.1 Å². The summed E-state index contributed by atoms with van der Waals surface area (Å²) in [5, 5.41) is 2.60. The maximum Gasteiger partial charge on any atom is 0.226 e. The third-order valence-corrected chi connectivity index (χ3v) is 4.72. The van der Waals surface area contributed by atoms with Crippen molar-refractivity contribution in [1.29, 1.82) is 0 Å². The number of aromatic nitrogens is 1. The minimum absolute atomic E-state index is 0.0216. The molecule has 0 aliphatic carbocycles. The summed E-state index contributed by atoms with van der Waals surface area (Å²) in [6, 6.07) is 7.96. The van der Waals surface area contributed by atoms with Crippen LogP contribution in [0.5, 0.6) is 0 Å². The van der Waals surface area contributed by atoms with Crippen molar-refractivity contribution in [3.63, 3.8) is 0 Å². The van der Waals surface area contributed by atoms with E-state index in [-0.39, 0.29) is 30.0 Å². The minimum atomic E-state index is -0.483. The van der Waals surface area contributed by atoms with Gasteiger partial charge in [0.25, 0.3) is 0 Å². The number of nitrogens with one attached hydrogen (secondary N) is 1. The number of rotatable bonds is 6. The lowest BCUT2D eigenvalue weighted by Crippen LogP contribution is -2.50. The van der Waals surface area contributed by atoms with Crippen LogP contribution >= 0.6 is 0 Å². The Labute approximate surface area is 163 Å². The molecule has 0 bridgehead atoms. The summed E-state index contributed by atoms with van der Waals surface area (Å²) >= 11 is 0. The first-order chi connectivity index (χ1) is 13.5. The van der Waals surface area contributed by atoms with Crippen molar-refractivity contribution < 1.29 is 18.7 Å². The molecular formula is C21H24FN3O3. The van der Waals surface area contributed by atoms with Gasteiger partial charge in [-0.15, -0.1) is 0 Å². The number of halogens is 1. The maximum absolute atomic E-state index is 13.9. The first kappa shape index (κ1) is 19.9. The molecule has 0 unspecified atom stereocenters. The summed E-state index contributed by atoms with van der Waals surface area (Å²) in [5.74, 6) is -0.847. The maximum atomic E-state index is 13.9. The van der Waals surface area contributed by atoms with Gasteiger partial charge < -0.3 is 15.0 Å². The Kier molecular flexibility index (Phi) is 6.71. The molecule has 1 atom stereocenters. The summed E-state index contributed by atoms with van der Waals surface area (Å²) < 4.78 is 19.3. The minimum Gasteiger partial charge on any atom is -0.377 e. The molecule has 1 aliphatic heterocycles. The van der Waals surface area contributed by atoms with E-state index in [4.69, 9.17) is 4.74 Å². The molecule has 3 rings (SSSR count). The molecule has 0 spiro atoms. The van der Waals surface area contributed by atoms with Crippen LogP contribution in [-0.4, -0.2) is 47.5 Å². The number of anilines is 1.